The Labute approximate surface area is 69.8 Å². The molecule has 0 saturated carbocycles. The van der Waals surface area contributed by atoms with E-state index in [0.29, 0.717) is 6.42 Å². The summed E-state index contributed by atoms with van der Waals surface area (Å²) in [5, 5.41) is 11.5. The van der Waals surface area contributed by atoms with E-state index in [1.165, 1.54) is 0 Å². The molecule has 0 spiro atoms. The number of alkyl halides is 3. The quantitative estimate of drug-likeness (QED) is 0.633. The Kier molecular flexibility index (Phi) is 5.24. The van der Waals surface area contributed by atoms with E-state index in [2.05, 4.69) is 5.32 Å². The molecule has 0 heterocycles. The van der Waals surface area contributed by atoms with E-state index in [9.17, 15) is 13.2 Å². The zero-order valence-electron chi connectivity index (χ0n) is 6.99. The van der Waals surface area contributed by atoms with Gasteiger partial charge in [-0.3, -0.25) is 0 Å². The highest BCUT2D eigenvalue weighted by atomic mass is 19.4. The number of hydrogen-bond donors (Lipinski definition) is 2. The van der Waals surface area contributed by atoms with Crippen LogP contribution in [0.5, 0.6) is 0 Å². The molecule has 1 unspecified atom stereocenters. The van der Waals surface area contributed by atoms with Gasteiger partial charge in [0.25, 0.3) is 0 Å². The molecular formula is C7H14F3NO. The highest BCUT2D eigenvalue weighted by Gasteiger charge is 2.25. The first-order valence-corrected chi connectivity index (χ1v) is 3.91. The second-order valence-corrected chi connectivity index (χ2v) is 2.63. The maximum absolute atomic E-state index is 11.6. The number of rotatable bonds is 5. The Morgan fingerprint density at radius 2 is 2.00 bits per heavy atom. The molecule has 2 N–H and O–H groups in total. The van der Waals surface area contributed by atoms with Gasteiger partial charge in [-0.1, -0.05) is 6.92 Å². The number of halogens is 3. The van der Waals surface area contributed by atoms with Gasteiger partial charge in [0.15, 0.2) is 0 Å². The molecule has 5 heteroatoms. The van der Waals surface area contributed by atoms with Crippen molar-refractivity contribution in [2.75, 3.05) is 13.1 Å². The molecule has 2 nitrogen and oxygen atoms in total. The van der Waals surface area contributed by atoms with Gasteiger partial charge in [-0.05, 0) is 6.42 Å². The van der Waals surface area contributed by atoms with Crippen LogP contribution in [0.15, 0.2) is 0 Å². The molecule has 0 aromatic carbocycles. The standard InChI is InChI=1S/C7H14F3NO/c1-2-6(12)5-11-4-3-7(8,9)10/h6,11-12H,2-5H2,1H3. The summed E-state index contributed by atoms with van der Waals surface area (Å²) < 4.78 is 34.7. The van der Waals surface area contributed by atoms with Crippen molar-refractivity contribution in [2.45, 2.75) is 32.0 Å². The Balaban J connectivity index is 3.22. The van der Waals surface area contributed by atoms with Crippen LogP contribution in [0.25, 0.3) is 0 Å². The lowest BCUT2D eigenvalue weighted by Crippen LogP contribution is -2.29. The van der Waals surface area contributed by atoms with E-state index in [0.717, 1.165) is 0 Å². The van der Waals surface area contributed by atoms with Crippen molar-refractivity contribution in [3.63, 3.8) is 0 Å². The molecule has 0 radical (unpaired) electrons. The Hall–Kier alpha value is -0.290. The van der Waals surface area contributed by atoms with Gasteiger partial charge in [0.05, 0.1) is 12.5 Å². The van der Waals surface area contributed by atoms with Crippen LogP contribution in [0.2, 0.25) is 0 Å². The van der Waals surface area contributed by atoms with Gasteiger partial charge in [-0.15, -0.1) is 0 Å². The Morgan fingerprint density at radius 3 is 2.42 bits per heavy atom. The monoisotopic (exact) mass is 185 g/mol. The molecular weight excluding hydrogens is 171 g/mol. The second-order valence-electron chi connectivity index (χ2n) is 2.63. The predicted octanol–water partition coefficient (Wildman–Crippen LogP) is 1.30. The van der Waals surface area contributed by atoms with Gasteiger partial charge in [0.1, 0.15) is 0 Å². The average molecular weight is 185 g/mol. The van der Waals surface area contributed by atoms with Gasteiger partial charge >= 0.3 is 6.18 Å². The molecule has 0 aliphatic rings. The second kappa shape index (κ2) is 5.37. The Morgan fingerprint density at radius 1 is 1.42 bits per heavy atom. The van der Waals surface area contributed by atoms with Crippen molar-refractivity contribution in [3.05, 3.63) is 0 Å². The summed E-state index contributed by atoms with van der Waals surface area (Å²) >= 11 is 0. The third kappa shape index (κ3) is 7.81. The van der Waals surface area contributed by atoms with Crippen LogP contribution >= 0.6 is 0 Å². The van der Waals surface area contributed by atoms with E-state index in [-0.39, 0.29) is 13.1 Å². The van der Waals surface area contributed by atoms with Crippen molar-refractivity contribution < 1.29 is 18.3 Å². The van der Waals surface area contributed by atoms with Crippen LogP contribution in [-0.4, -0.2) is 30.5 Å². The maximum atomic E-state index is 11.6. The summed E-state index contributed by atoms with van der Waals surface area (Å²) in [6, 6.07) is 0. The normalized spacial score (nSPS) is 14.8. The first kappa shape index (κ1) is 11.7. The molecule has 1 atom stereocenters. The summed E-state index contributed by atoms with van der Waals surface area (Å²) in [5.41, 5.74) is 0. The van der Waals surface area contributed by atoms with Gasteiger partial charge in [-0.2, -0.15) is 13.2 Å². The summed E-state index contributed by atoms with van der Waals surface area (Å²) in [6.07, 6.45) is -4.94. The average Bonchev–Trinajstić information content (AvgIpc) is 1.96. The van der Waals surface area contributed by atoms with Gasteiger partial charge < -0.3 is 10.4 Å². The largest absolute Gasteiger partial charge is 0.392 e. The Bertz CT molecular complexity index is 116. The van der Waals surface area contributed by atoms with Crippen molar-refractivity contribution in [2.24, 2.45) is 0 Å². The van der Waals surface area contributed by atoms with Gasteiger partial charge in [-0.25, -0.2) is 0 Å². The van der Waals surface area contributed by atoms with Crippen molar-refractivity contribution in [3.8, 4) is 0 Å². The van der Waals surface area contributed by atoms with Gasteiger partial charge in [0, 0.05) is 13.1 Å². The molecule has 0 aliphatic heterocycles. The third-order valence-electron chi connectivity index (χ3n) is 1.44. The smallest absolute Gasteiger partial charge is 0.390 e. The molecule has 0 fully saturated rings. The predicted molar refractivity (Wildman–Crippen MR) is 39.8 cm³/mol. The van der Waals surface area contributed by atoms with Gasteiger partial charge in [0.2, 0.25) is 0 Å². The lowest BCUT2D eigenvalue weighted by molar-refractivity contribution is -0.133. The molecule has 74 valence electrons. The number of hydrogen-bond acceptors (Lipinski definition) is 2. The van der Waals surface area contributed by atoms with Crippen LogP contribution in [0.3, 0.4) is 0 Å². The van der Waals surface area contributed by atoms with E-state index >= 15 is 0 Å². The molecule has 12 heavy (non-hydrogen) atoms. The minimum atomic E-state index is -4.11. The molecule has 0 saturated heterocycles. The van der Waals surface area contributed by atoms with Crippen molar-refractivity contribution in [1.82, 2.24) is 5.32 Å². The lowest BCUT2D eigenvalue weighted by Gasteiger charge is -2.10. The summed E-state index contributed by atoms with van der Waals surface area (Å²) in [4.78, 5) is 0. The fourth-order valence-corrected chi connectivity index (χ4v) is 0.643. The fourth-order valence-electron chi connectivity index (χ4n) is 0.643. The fraction of sp³-hybridized carbons (Fsp3) is 1.00. The molecule has 0 rings (SSSR count). The molecule has 0 amide bonds. The van der Waals surface area contributed by atoms with Crippen molar-refractivity contribution >= 4 is 0 Å². The first-order valence-electron chi connectivity index (χ1n) is 3.91. The highest BCUT2D eigenvalue weighted by molar-refractivity contribution is 4.59. The van der Waals surface area contributed by atoms with Crippen LogP contribution in [0, 0.1) is 0 Å². The van der Waals surface area contributed by atoms with Crippen LogP contribution in [0.4, 0.5) is 13.2 Å². The lowest BCUT2D eigenvalue weighted by atomic mass is 10.3. The minimum Gasteiger partial charge on any atom is -0.392 e. The maximum Gasteiger partial charge on any atom is 0.390 e. The molecule has 0 aromatic heterocycles. The SMILES string of the molecule is CCC(O)CNCCC(F)(F)F. The van der Waals surface area contributed by atoms with E-state index in [4.69, 9.17) is 5.11 Å². The van der Waals surface area contributed by atoms with Crippen LogP contribution in [0.1, 0.15) is 19.8 Å². The molecule has 0 bridgehead atoms. The highest BCUT2D eigenvalue weighted by Crippen LogP contribution is 2.17. The van der Waals surface area contributed by atoms with Crippen LogP contribution in [-0.2, 0) is 0 Å². The van der Waals surface area contributed by atoms with Crippen molar-refractivity contribution in [1.29, 1.82) is 0 Å². The summed E-state index contributed by atoms with van der Waals surface area (Å²) in [6.45, 7) is 1.88. The number of aliphatic hydroxyl groups excluding tert-OH is 1. The first-order chi connectivity index (χ1) is 5.45. The number of aliphatic hydroxyl groups is 1. The zero-order valence-corrected chi connectivity index (χ0v) is 6.99. The summed E-state index contributed by atoms with van der Waals surface area (Å²) in [7, 11) is 0. The zero-order chi connectivity index (χ0) is 9.61. The topological polar surface area (TPSA) is 32.3 Å². The van der Waals surface area contributed by atoms with E-state index < -0.39 is 18.7 Å². The minimum absolute atomic E-state index is 0.124. The number of nitrogens with one attached hydrogen (secondary N) is 1. The molecule has 0 aromatic rings. The summed E-state index contributed by atoms with van der Waals surface area (Å²) in [5.74, 6) is 0. The van der Waals surface area contributed by atoms with Crippen LogP contribution < -0.4 is 5.32 Å². The third-order valence-corrected chi connectivity index (χ3v) is 1.44. The van der Waals surface area contributed by atoms with E-state index in [1.807, 2.05) is 0 Å². The molecule has 0 aliphatic carbocycles. The van der Waals surface area contributed by atoms with E-state index in [1.54, 1.807) is 6.92 Å².